The first kappa shape index (κ1) is 22.3. The minimum Gasteiger partial charge on any atom is -0.474 e. The third-order valence-electron chi connectivity index (χ3n) is 6.61. The molecule has 3 aromatic rings. The summed E-state index contributed by atoms with van der Waals surface area (Å²) in [7, 11) is 0. The van der Waals surface area contributed by atoms with Crippen LogP contribution in [0.3, 0.4) is 0 Å². The third kappa shape index (κ3) is 4.98. The van der Waals surface area contributed by atoms with Gasteiger partial charge >= 0.3 is 0 Å². The number of pyridine rings is 3. The Labute approximate surface area is 209 Å². The van der Waals surface area contributed by atoms with Crippen LogP contribution in [0.5, 0.6) is 5.88 Å². The lowest BCUT2D eigenvalue weighted by molar-refractivity contribution is 0.0944. The molecule has 0 radical (unpaired) electrons. The second-order valence-corrected chi connectivity index (χ2v) is 10.7. The molecule has 2 saturated carbocycles. The van der Waals surface area contributed by atoms with Crippen molar-refractivity contribution in [1.29, 1.82) is 0 Å². The number of fused-ring (bicyclic) bond motifs is 1. The number of ether oxygens (including phenoxy) is 1. The molecule has 3 aromatic heterocycles. The number of carbonyl (C=O) groups is 1. The lowest BCUT2D eigenvalue weighted by Gasteiger charge is -2.31. The van der Waals surface area contributed by atoms with Gasteiger partial charge in [0.05, 0.1) is 18.8 Å². The average molecular weight is 488 g/mol. The molecule has 4 heterocycles. The van der Waals surface area contributed by atoms with E-state index in [9.17, 15) is 4.79 Å². The fourth-order valence-corrected chi connectivity index (χ4v) is 5.04. The Morgan fingerprint density at radius 2 is 1.86 bits per heavy atom. The van der Waals surface area contributed by atoms with E-state index in [-0.39, 0.29) is 5.91 Å². The summed E-state index contributed by atoms with van der Waals surface area (Å²) in [5, 5.41) is 2.92. The Morgan fingerprint density at radius 3 is 2.51 bits per heavy atom. The molecule has 1 amide bonds. The lowest BCUT2D eigenvalue weighted by Crippen LogP contribution is -2.30. The van der Waals surface area contributed by atoms with Gasteiger partial charge in [0.15, 0.2) is 0 Å². The van der Waals surface area contributed by atoms with Gasteiger partial charge in [-0.25, -0.2) is 4.98 Å². The highest BCUT2D eigenvalue weighted by Gasteiger charge is 2.32. The highest BCUT2D eigenvalue weighted by atomic mass is 32.2. The van der Waals surface area contributed by atoms with Crippen molar-refractivity contribution in [2.24, 2.45) is 0 Å². The van der Waals surface area contributed by atoms with Gasteiger partial charge in [-0.1, -0.05) is 6.92 Å². The number of amides is 1. The first-order valence-electron chi connectivity index (χ1n) is 12.5. The molecular formula is C27H29N5O2S. The van der Waals surface area contributed by atoms with Crippen molar-refractivity contribution in [2.45, 2.75) is 55.9 Å². The normalized spacial score (nSPS) is 17.0. The van der Waals surface area contributed by atoms with Gasteiger partial charge in [-0.05, 0) is 67.8 Å². The van der Waals surface area contributed by atoms with Gasteiger partial charge in [0, 0.05) is 40.0 Å². The second-order valence-electron chi connectivity index (χ2n) is 9.35. The number of nitrogens with zero attached hydrogens (tertiary/aromatic N) is 4. The summed E-state index contributed by atoms with van der Waals surface area (Å²) in [6, 6.07) is 12.2. The fourth-order valence-electron chi connectivity index (χ4n) is 4.41. The first-order chi connectivity index (χ1) is 17.2. The van der Waals surface area contributed by atoms with Crippen molar-refractivity contribution < 1.29 is 9.53 Å². The molecule has 0 atom stereocenters. The van der Waals surface area contributed by atoms with Crippen LogP contribution in [0.1, 0.15) is 72.0 Å². The summed E-state index contributed by atoms with van der Waals surface area (Å²) in [4.78, 5) is 30.1. The Balaban J connectivity index is 1.19. The zero-order valence-electron chi connectivity index (χ0n) is 19.9. The molecular weight excluding hydrogens is 458 g/mol. The Bertz CT molecular complexity index is 1210. The summed E-state index contributed by atoms with van der Waals surface area (Å²) in [6.07, 6.45) is 6.78. The number of hydrogen-bond donors (Lipinski definition) is 1. The minimum atomic E-state index is -0.238. The number of nitrogens with one attached hydrogen (secondary N) is 1. The molecule has 1 N–H and O–H groups in total. The van der Waals surface area contributed by atoms with Gasteiger partial charge < -0.3 is 15.0 Å². The zero-order valence-corrected chi connectivity index (χ0v) is 20.7. The Hall–Kier alpha value is -3.13. The van der Waals surface area contributed by atoms with E-state index in [0.29, 0.717) is 36.6 Å². The largest absolute Gasteiger partial charge is 0.474 e. The predicted molar refractivity (Wildman–Crippen MR) is 137 cm³/mol. The predicted octanol–water partition coefficient (Wildman–Crippen LogP) is 5.20. The quantitative estimate of drug-likeness (QED) is 0.438. The van der Waals surface area contributed by atoms with Crippen LogP contribution in [0.4, 0.5) is 11.4 Å². The van der Waals surface area contributed by atoms with E-state index in [1.54, 1.807) is 17.8 Å². The van der Waals surface area contributed by atoms with Crippen molar-refractivity contribution in [1.82, 2.24) is 20.3 Å². The Morgan fingerprint density at radius 1 is 1.09 bits per heavy atom. The smallest absolute Gasteiger partial charge is 0.270 e. The maximum absolute atomic E-state index is 12.8. The summed E-state index contributed by atoms with van der Waals surface area (Å²) in [5.41, 5.74) is 5.65. The van der Waals surface area contributed by atoms with Crippen LogP contribution >= 0.6 is 11.8 Å². The van der Waals surface area contributed by atoms with Gasteiger partial charge in [0.2, 0.25) is 5.88 Å². The van der Waals surface area contributed by atoms with Crippen molar-refractivity contribution in [2.75, 3.05) is 23.8 Å². The van der Waals surface area contributed by atoms with Crippen LogP contribution < -0.4 is 15.0 Å². The number of hydrogen-bond acceptors (Lipinski definition) is 7. The summed E-state index contributed by atoms with van der Waals surface area (Å²) in [6.45, 7) is 3.74. The Kier molecular flexibility index (Phi) is 6.06. The first-order valence-corrected chi connectivity index (χ1v) is 13.5. The average Bonchev–Trinajstić information content (AvgIpc) is 3.80. The molecule has 7 nitrogen and oxygen atoms in total. The van der Waals surface area contributed by atoms with E-state index in [0.717, 1.165) is 34.3 Å². The zero-order chi connectivity index (χ0) is 23.8. The number of thioether (sulfide) groups is 1. The SMILES string of the molecule is CCSc1ccc(CNC(=O)c2ccc3c(n2)OCCN3c2cc(C3CC3)nc(C3CC3)c2)nc1. The molecule has 0 bridgehead atoms. The van der Waals surface area contributed by atoms with Crippen LogP contribution in [0, 0.1) is 0 Å². The molecule has 8 heteroatoms. The number of rotatable bonds is 8. The molecule has 3 aliphatic rings. The fraction of sp³-hybridized carbons (Fsp3) is 0.407. The van der Waals surface area contributed by atoms with Crippen LogP contribution in [0.2, 0.25) is 0 Å². The molecule has 0 saturated heterocycles. The number of anilines is 2. The van der Waals surface area contributed by atoms with Crippen molar-refractivity contribution >= 4 is 29.0 Å². The number of aromatic nitrogens is 3. The molecule has 180 valence electrons. The van der Waals surface area contributed by atoms with E-state index in [4.69, 9.17) is 9.72 Å². The lowest BCUT2D eigenvalue weighted by atomic mass is 10.1. The molecule has 6 rings (SSSR count). The molecule has 2 fully saturated rings. The van der Waals surface area contributed by atoms with E-state index in [2.05, 4.69) is 39.2 Å². The van der Waals surface area contributed by atoms with Crippen molar-refractivity contribution in [3.8, 4) is 5.88 Å². The molecule has 0 aromatic carbocycles. The van der Waals surface area contributed by atoms with E-state index >= 15 is 0 Å². The van der Waals surface area contributed by atoms with Crippen LogP contribution in [0.25, 0.3) is 0 Å². The molecule has 0 unspecified atom stereocenters. The van der Waals surface area contributed by atoms with Gasteiger partial charge in [0.1, 0.15) is 18.0 Å². The van der Waals surface area contributed by atoms with Gasteiger partial charge in [-0.3, -0.25) is 14.8 Å². The monoisotopic (exact) mass is 487 g/mol. The molecule has 1 aliphatic heterocycles. The van der Waals surface area contributed by atoms with Crippen molar-refractivity contribution in [3.05, 3.63) is 65.4 Å². The second kappa shape index (κ2) is 9.49. The maximum Gasteiger partial charge on any atom is 0.270 e. The van der Waals surface area contributed by atoms with Gasteiger partial charge in [-0.2, -0.15) is 0 Å². The number of carbonyl (C=O) groups excluding carboxylic acids is 1. The summed E-state index contributed by atoms with van der Waals surface area (Å²) < 4.78 is 5.88. The van der Waals surface area contributed by atoms with Crippen LogP contribution in [-0.4, -0.2) is 39.8 Å². The van der Waals surface area contributed by atoms with Crippen LogP contribution in [0.15, 0.2) is 47.5 Å². The standard InChI is InChI=1S/C27H29N5O2S/c1-2-35-21-8-7-19(28-16-21)15-29-26(33)22-9-10-25-27(31-22)34-12-11-32(25)20-13-23(17-3-4-17)30-24(14-20)18-5-6-18/h7-10,13-14,16-18H,2-6,11-12,15H2,1H3,(H,29,33). The topological polar surface area (TPSA) is 80.2 Å². The molecule has 0 spiro atoms. The third-order valence-corrected chi connectivity index (χ3v) is 7.47. The van der Waals surface area contributed by atoms with E-state index < -0.39 is 0 Å². The van der Waals surface area contributed by atoms with Gasteiger partial charge in [0.25, 0.3) is 5.91 Å². The van der Waals surface area contributed by atoms with E-state index in [1.165, 1.54) is 37.1 Å². The highest BCUT2D eigenvalue weighted by Crippen LogP contribution is 2.46. The van der Waals surface area contributed by atoms with Crippen molar-refractivity contribution in [3.63, 3.8) is 0 Å². The van der Waals surface area contributed by atoms with Gasteiger partial charge in [-0.15, -0.1) is 11.8 Å². The minimum absolute atomic E-state index is 0.238. The maximum atomic E-state index is 12.8. The summed E-state index contributed by atoms with van der Waals surface area (Å²) in [5.74, 6) is 2.48. The molecule has 2 aliphatic carbocycles. The highest BCUT2D eigenvalue weighted by molar-refractivity contribution is 7.99. The summed E-state index contributed by atoms with van der Waals surface area (Å²) >= 11 is 1.75. The van der Waals surface area contributed by atoms with Crippen LogP contribution in [-0.2, 0) is 6.54 Å². The van der Waals surface area contributed by atoms with E-state index in [1.807, 2.05) is 24.4 Å². The molecule has 35 heavy (non-hydrogen) atoms.